The molecule has 0 spiro atoms. The Labute approximate surface area is 112 Å². The Morgan fingerprint density at radius 2 is 1.58 bits per heavy atom. The number of hydrogen-bond donors (Lipinski definition) is 1. The van der Waals surface area contributed by atoms with Crippen LogP contribution in [0.1, 0.15) is 51.9 Å². The summed E-state index contributed by atoms with van der Waals surface area (Å²) in [6, 6.07) is 0. The van der Waals surface area contributed by atoms with Crippen molar-refractivity contribution in [3.8, 4) is 0 Å². The van der Waals surface area contributed by atoms with E-state index in [-0.39, 0.29) is 6.54 Å². The maximum Gasteiger partial charge on any atom is 0.401 e. The van der Waals surface area contributed by atoms with E-state index in [2.05, 4.69) is 6.92 Å². The molecule has 0 aromatic rings. The van der Waals surface area contributed by atoms with Crippen molar-refractivity contribution in [2.75, 3.05) is 19.6 Å². The van der Waals surface area contributed by atoms with Gasteiger partial charge in [0.1, 0.15) is 0 Å². The number of carbonyl (C=O) groups is 1. The predicted octanol–water partition coefficient (Wildman–Crippen LogP) is 3.69. The zero-order valence-electron chi connectivity index (χ0n) is 11.5. The van der Waals surface area contributed by atoms with Crippen molar-refractivity contribution in [2.24, 2.45) is 0 Å². The molecule has 0 bridgehead atoms. The first-order valence-corrected chi connectivity index (χ1v) is 6.86. The van der Waals surface area contributed by atoms with Crippen LogP contribution >= 0.6 is 0 Å². The Morgan fingerprint density at radius 3 is 2.05 bits per heavy atom. The van der Waals surface area contributed by atoms with E-state index in [9.17, 15) is 18.0 Å². The van der Waals surface area contributed by atoms with Crippen molar-refractivity contribution in [1.82, 2.24) is 4.90 Å². The molecule has 0 atom stereocenters. The number of rotatable bonds is 11. The predicted molar refractivity (Wildman–Crippen MR) is 68.1 cm³/mol. The van der Waals surface area contributed by atoms with Gasteiger partial charge in [0, 0.05) is 0 Å². The van der Waals surface area contributed by atoms with Crippen LogP contribution in [0.3, 0.4) is 0 Å². The maximum atomic E-state index is 12.2. The number of carboxylic acids is 1. The molecule has 0 fully saturated rings. The maximum absolute atomic E-state index is 12.2. The largest absolute Gasteiger partial charge is 0.480 e. The standard InChI is InChI=1S/C13H24F3NO2/c1-2-3-4-5-6-7-8-9-17(10-12(18)19)11-13(14,15)16/h2-11H2,1H3,(H,18,19). The topological polar surface area (TPSA) is 40.5 Å². The van der Waals surface area contributed by atoms with Crippen LogP contribution in [-0.4, -0.2) is 41.8 Å². The molecule has 3 nitrogen and oxygen atoms in total. The van der Waals surface area contributed by atoms with Crippen LogP contribution in [0.25, 0.3) is 0 Å². The summed E-state index contributed by atoms with van der Waals surface area (Å²) < 4.78 is 36.7. The highest BCUT2D eigenvalue weighted by Gasteiger charge is 2.31. The molecular formula is C13H24F3NO2. The number of aliphatic carboxylic acids is 1. The molecule has 0 heterocycles. The van der Waals surface area contributed by atoms with Crippen molar-refractivity contribution in [3.63, 3.8) is 0 Å². The van der Waals surface area contributed by atoms with Crippen LogP contribution < -0.4 is 0 Å². The lowest BCUT2D eigenvalue weighted by atomic mass is 10.1. The van der Waals surface area contributed by atoms with Crippen LogP contribution in [0, 0.1) is 0 Å². The Morgan fingerprint density at radius 1 is 1.05 bits per heavy atom. The fourth-order valence-electron chi connectivity index (χ4n) is 1.95. The van der Waals surface area contributed by atoms with E-state index in [1.165, 1.54) is 6.42 Å². The number of alkyl halides is 3. The van der Waals surface area contributed by atoms with Gasteiger partial charge in [0.2, 0.25) is 0 Å². The van der Waals surface area contributed by atoms with Gasteiger partial charge in [0.15, 0.2) is 0 Å². The summed E-state index contributed by atoms with van der Waals surface area (Å²) in [5.41, 5.74) is 0. The van der Waals surface area contributed by atoms with Gasteiger partial charge in [-0.3, -0.25) is 9.69 Å². The minimum atomic E-state index is -4.34. The molecule has 0 saturated heterocycles. The van der Waals surface area contributed by atoms with Crippen molar-refractivity contribution >= 4 is 5.97 Å². The zero-order valence-corrected chi connectivity index (χ0v) is 11.5. The van der Waals surface area contributed by atoms with Crippen LogP contribution in [-0.2, 0) is 4.79 Å². The number of hydrogen-bond acceptors (Lipinski definition) is 2. The SMILES string of the molecule is CCCCCCCCCN(CC(=O)O)CC(F)(F)F. The van der Waals surface area contributed by atoms with Gasteiger partial charge >= 0.3 is 12.1 Å². The van der Waals surface area contributed by atoms with E-state index >= 15 is 0 Å². The molecule has 0 aliphatic heterocycles. The molecule has 0 aliphatic carbocycles. The van der Waals surface area contributed by atoms with Gasteiger partial charge in [0.05, 0.1) is 13.1 Å². The van der Waals surface area contributed by atoms with E-state index in [4.69, 9.17) is 5.11 Å². The lowest BCUT2D eigenvalue weighted by Gasteiger charge is -2.21. The second kappa shape index (κ2) is 10.1. The summed E-state index contributed by atoms with van der Waals surface area (Å²) in [5, 5.41) is 8.57. The first-order chi connectivity index (χ1) is 8.85. The Hall–Kier alpha value is -0.780. The summed E-state index contributed by atoms with van der Waals surface area (Å²) in [7, 11) is 0. The highest BCUT2D eigenvalue weighted by molar-refractivity contribution is 5.69. The van der Waals surface area contributed by atoms with Crippen molar-refractivity contribution in [2.45, 2.75) is 58.0 Å². The van der Waals surface area contributed by atoms with Crippen LogP contribution in [0.15, 0.2) is 0 Å². The molecule has 0 radical (unpaired) electrons. The van der Waals surface area contributed by atoms with Gasteiger partial charge in [-0.15, -0.1) is 0 Å². The fourth-order valence-corrected chi connectivity index (χ4v) is 1.95. The number of carboxylic acid groups (broad SMARTS) is 1. The van der Waals surface area contributed by atoms with Gasteiger partial charge in [-0.25, -0.2) is 0 Å². The summed E-state index contributed by atoms with van der Waals surface area (Å²) in [6.45, 7) is 0.630. The summed E-state index contributed by atoms with van der Waals surface area (Å²) >= 11 is 0. The smallest absolute Gasteiger partial charge is 0.401 e. The quantitative estimate of drug-likeness (QED) is 0.588. The van der Waals surface area contributed by atoms with E-state index < -0.39 is 25.2 Å². The molecule has 0 amide bonds. The Bertz CT molecular complexity index is 245. The Balaban J connectivity index is 3.77. The highest BCUT2D eigenvalue weighted by atomic mass is 19.4. The summed E-state index contributed by atoms with van der Waals surface area (Å²) in [6.07, 6.45) is 2.78. The van der Waals surface area contributed by atoms with Crippen molar-refractivity contribution in [1.29, 1.82) is 0 Å². The second-order valence-corrected chi connectivity index (χ2v) is 4.84. The zero-order chi connectivity index (χ0) is 14.7. The molecule has 0 aromatic carbocycles. The van der Waals surface area contributed by atoms with Crippen LogP contribution in [0.4, 0.5) is 13.2 Å². The molecule has 0 aromatic heterocycles. The monoisotopic (exact) mass is 283 g/mol. The van der Waals surface area contributed by atoms with Crippen molar-refractivity contribution in [3.05, 3.63) is 0 Å². The van der Waals surface area contributed by atoms with Gasteiger partial charge in [-0.05, 0) is 13.0 Å². The molecular weight excluding hydrogens is 259 g/mol. The minimum Gasteiger partial charge on any atom is -0.480 e. The second-order valence-electron chi connectivity index (χ2n) is 4.84. The Kier molecular flexibility index (Phi) is 9.65. The van der Waals surface area contributed by atoms with Crippen LogP contribution in [0.5, 0.6) is 0 Å². The van der Waals surface area contributed by atoms with Crippen molar-refractivity contribution < 1.29 is 23.1 Å². The molecule has 0 aliphatic rings. The molecule has 19 heavy (non-hydrogen) atoms. The first-order valence-electron chi connectivity index (χ1n) is 6.86. The lowest BCUT2D eigenvalue weighted by Crippen LogP contribution is -2.38. The van der Waals surface area contributed by atoms with Gasteiger partial charge < -0.3 is 5.11 Å². The summed E-state index contributed by atoms with van der Waals surface area (Å²) in [5.74, 6) is -1.22. The minimum absolute atomic E-state index is 0.194. The molecule has 0 unspecified atom stereocenters. The average molecular weight is 283 g/mol. The molecule has 1 N–H and O–H groups in total. The third kappa shape index (κ3) is 13.5. The van der Waals surface area contributed by atoms with E-state index in [1.54, 1.807) is 0 Å². The van der Waals surface area contributed by atoms with Gasteiger partial charge in [0.25, 0.3) is 0 Å². The fraction of sp³-hybridized carbons (Fsp3) is 0.923. The third-order valence-electron chi connectivity index (χ3n) is 2.84. The summed E-state index contributed by atoms with van der Waals surface area (Å²) in [4.78, 5) is 11.4. The van der Waals surface area contributed by atoms with E-state index in [1.807, 2.05) is 0 Å². The molecule has 6 heteroatoms. The van der Waals surface area contributed by atoms with E-state index in [0.717, 1.165) is 37.0 Å². The average Bonchev–Trinajstić information content (AvgIpc) is 2.24. The first kappa shape index (κ1) is 18.2. The number of nitrogens with zero attached hydrogens (tertiary/aromatic N) is 1. The lowest BCUT2D eigenvalue weighted by molar-refractivity contribution is -0.154. The molecule has 114 valence electrons. The highest BCUT2D eigenvalue weighted by Crippen LogP contribution is 2.17. The van der Waals surface area contributed by atoms with Gasteiger partial charge in [-0.2, -0.15) is 13.2 Å². The number of halogens is 3. The van der Waals surface area contributed by atoms with Gasteiger partial charge in [-0.1, -0.05) is 45.4 Å². The van der Waals surface area contributed by atoms with E-state index in [0.29, 0.717) is 6.42 Å². The molecule has 0 saturated carbocycles. The normalized spacial score (nSPS) is 12.1. The molecule has 0 rings (SSSR count). The van der Waals surface area contributed by atoms with Crippen LogP contribution in [0.2, 0.25) is 0 Å². The third-order valence-corrected chi connectivity index (χ3v) is 2.84. The number of unbranched alkanes of at least 4 members (excludes halogenated alkanes) is 6.